The highest BCUT2D eigenvalue weighted by atomic mass is 16.5. The van der Waals surface area contributed by atoms with Gasteiger partial charge in [-0.1, -0.05) is 45.4 Å². The molecule has 0 saturated heterocycles. The molecule has 0 aliphatic rings. The number of carboxylic acids is 1. The molecule has 0 heterocycles. The maximum atomic E-state index is 11.6. The van der Waals surface area contributed by atoms with E-state index in [1.54, 1.807) is 7.11 Å². The minimum Gasteiger partial charge on any atom is -0.480 e. The standard InChI is InChI=1S/C15H29NO5/c1-3-4-5-6-7-8-9-13(15(18)19)16-14(17)12-21-11-10-20-2/h13H,3-12H2,1-2H3,(H,16,17)(H,18,19)/t13-/m1/s1. The summed E-state index contributed by atoms with van der Waals surface area (Å²) >= 11 is 0. The molecule has 0 spiro atoms. The smallest absolute Gasteiger partial charge is 0.326 e. The largest absolute Gasteiger partial charge is 0.480 e. The second kappa shape index (κ2) is 13.8. The number of amides is 1. The van der Waals surface area contributed by atoms with Crippen molar-refractivity contribution >= 4 is 11.9 Å². The minimum absolute atomic E-state index is 0.135. The second-order valence-corrected chi connectivity index (χ2v) is 5.06. The Morgan fingerprint density at radius 3 is 2.38 bits per heavy atom. The Morgan fingerprint density at radius 1 is 1.10 bits per heavy atom. The van der Waals surface area contributed by atoms with E-state index in [9.17, 15) is 9.59 Å². The Kier molecular flexibility index (Phi) is 13.1. The molecule has 124 valence electrons. The molecule has 0 aromatic heterocycles. The molecule has 0 bridgehead atoms. The van der Waals surface area contributed by atoms with Crippen LogP contribution in [0.5, 0.6) is 0 Å². The number of hydrogen-bond acceptors (Lipinski definition) is 4. The fourth-order valence-corrected chi connectivity index (χ4v) is 1.93. The highest BCUT2D eigenvalue weighted by Crippen LogP contribution is 2.09. The first kappa shape index (κ1) is 19.9. The monoisotopic (exact) mass is 303 g/mol. The molecule has 0 fully saturated rings. The summed E-state index contributed by atoms with van der Waals surface area (Å²) in [6.45, 7) is 2.75. The number of aliphatic carboxylic acids is 1. The molecule has 6 nitrogen and oxygen atoms in total. The van der Waals surface area contributed by atoms with Crippen LogP contribution in [-0.4, -0.2) is 50.0 Å². The van der Waals surface area contributed by atoms with Gasteiger partial charge >= 0.3 is 5.97 Å². The third-order valence-corrected chi connectivity index (χ3v) is 3.14. The summed E-state index contributed by atoms with van der Waals surface area (Å²) in [5.41, 5.74) is 0. The van der Waals surface area contributed by atoms with Gasteiger partial charge in [0.15, 0.2) is 0 Å². The number of carbonyl (C=O) groups is 2. The highest BCUT2D eigenvalue weighted by Gasteiger charge is 2.19. The van der Waals surface area contributed by atoms with E-state index < -0.39 is 17.9 Å². The van der Waals surface area contributed by atoms with E-state index in [0.29, 0.717) is 19.6 Å². The van der Waals surface area contributed by atoms with Gasteiger partial charge in [-0.05, 0) is 6.42 Å². The first-order valence-corrected chi connectivity index (χ1v) is 7.70. The van der Waals surface area contributed by atoms with Crippen LogP contribution in [0.15, 0.2) is 0 Å². The van der Waals surface area contributed by atoms with Gasteiger partial charge in [-0.15, -0.1) is 0 Å². The van der Waals surface area contributed by atoms with E-state index >= 15 is 0 Å². The van der Waals surface area contributed by atoms with Crippen molar-refractivity contribution in [2.75, 3.05) is 26.9 Å². The Balaban J connectivity index is 3.80. The molecule has 1 amide bonds. The van der Waals surface area contributed by atoms with Crippen molar-refractivity contribution in [2.24, 2.45) is 0 Å². The number of unbranched alkanes of at least 4 members (excludes halogenated alkanes) is 5. The SMILES string of the molecule is CCCCCCCC[C@@H](NC(=O)COCCOC)C(=O)O. The van der Waals surface area contributed by atoms with Crippen molar-refractivity contribution < 1.29 is 24.2 Å². The van der Waals surface area contributed by atoms with Crippen LogP contribution in [0.1, 0.15) is 51.9 Å². The van der Waals surface area contributed by atoms with E-state index in [1.807, 2.05) is 0 Å². The van der Waals surface area contributed by atoms with Gasteiger partial charge in [0.2, 0.25) is 5.91 Å². The first-order chi connectivity index (χ1) is 10.1. The number of hydrogen-bond donors (Lipinski definition) is 2. The summed E-state index contributed by atoms with van der Waals surface area (Å²) in [6.07, 6.45) is 7.00. The minimum atomic E-state index is -0.992. The van der Waals surface area contributed by atoms with Crippen LogP contribution in [-0.2, 0) is 19.1 Å². The number of ether oxygens (including phenoxy) is 2. The molecular weight excluding hydrogens is 274 g/mol. The zero-order chi connectivity index (χ0) is 15.9. The van der Waals surface area contributed by atoms with Gasteiger partial charge in [0.05, 0.1) is 13.2 Å². The Labute approximate surface area is 127 Å². The summed E-state index contributed by atoms with van der Waals surface area (Å²) < 4.78 is 9.84. The molecule has 6 heteroatoms. The number of carbonyl (C=O) groups excluding carboxylic acids is 1. The summed E-state index contributed by atoms with van der Waals surface area (Å²) in [7, 11) is 1.55. The first-order valence-electron chi connectivity index (χ1n) is 7.70. The number of nitrogens with one attached hydrogen (secondary N) is 1. The van der Waals surface area contributed by atoms with Gasteiger partial charge in [-0.25, -0.2) is 4.79 Å². The van der Waals surface area contributed by atoms with Crippen molar-refractivity contribution in [2.45, 2.75) is 57.9 Å². The molecule has 0 aliphatic heterocycles. The summed E-state index contributed by atoms with van der Waals surface area (Å²) in [5.74, 6) is -1.39. The van der Waals surface area contributed by atoms with Crippen LogP contribution < -0.4 is 5.32 Å². The normalized spacial score (nSPS) is 12.1. The molecule has 21 heavy (non-hydrogen) atoms. The molecule has 0 saturated carbocycles. The van der Waals surface area contributed by atoms with E-state index in [4.69, 9.17) is 14.6 Å². The Morgan fingerprint density at radius 2 is 1.76 bits per heavy atom. The lowest BCUT2D eigenvalue weighted by atomic mass is 10.1. The van der Waals surface area contributed by atoms with Crippen LogP contribution in [0.2, 0.25) is 0 Å². The molecule has 0 radical (unpaired) electrons. The van der Waals surface area contributed by atoms with Crippen LogP contribution in [0, 0.1) is 0 Å². The van der Waals surface area contributed by atoms with E-state index in [1.165, 1.54) is 19.3 Å². The van der Waals surface area contributed by atoms with Crippen LogP contribution in [0.4, 0.5) is 0 Å². The molecule has 0 aromatic rings. The third kappa shape index (κ3) is 12.3. The Bertz CT molecular complexity index is 283. The molecule has 2 N–H and O–H groups in total. The lowest BCUT2D eigenvalue weighted by molar-refractivity contribution is -0.142. The fourth-order valence-electron chi connectivity index (χ4n) is 1.93. The molecular formula is C15H29NO5. The van der Waals surface area contributed by atoms with Crippen molar-refractivity contribution in [1.29, 1.82) is 0 Å². The van der Waals surface area contributed by atoms with Crippen molar-refractivity contribution in [3.63, 3.8) is 0 Å². The zero-order valence-electron chi connectivity index (χ0n) is 13.2. The summed E-state index contributed by atoms with van der Waals surface area (Å²) in [6, 6.07) is -0.824. The molecule has 0 rings (SSSR count). The topological polar surface area (TPSA) is 84.9 Å². The molecule has 0 aromatic carbocycles. The predicted molar refractivity (Wildman–Crippen MR) is 80.3 cm³/mol. The number of carboxylic acid groups (broad SMARTS) is 1. The summed E-state index contributed by atoms with van der Waals surface area (Å²) in [4.78, 5) is 22.7. The second-order valence-electron chi connectivity index (χ2n) is 5.06. The average Bonchev–Trinajstić information content (AvgIpc) is 2.45. The van der Waals surface area contributed by atoms with Crippen molar-refractivity contribution in [1.82, 2.24) is 5.32 Å². The third-order valence-electron chi connectivity index (χ3n) is 3.14. The van der Waals surface area contributed by atoms with Crippen molar-refractivity contribution in [3.05, 3.63) is 0 Å². The van der Waals surface area contributed by atoms with Gasteiger partial charge in [0.25, 0.3) is 0 Å². The lowest BCUT2D eigenvalue weighted by Crippen LogP contribution is -2.42. The fraction of sp³-hybridized carbons (Fsp3) is 0.867. The number of rotatable bonds is 14. The Hall–Kier alpha value is -1.14. The van der Waals surface area contributed by atoms with Gasteiger partial charge < -0.3 is 19.9 Å². The lowest BCUT2D eigenvalue weighted by Gasteiger charge is -2.14. The van der Waals surface area contributed by atoms with Crippen LogP contribution >= 0.6 is 0 Å². The van der Waals surface area contributed by atoms with Gasteiger partial charge in [-0.3, -0.25) is 4.79 Å². The maximum Gasteiger partial charge on any atom is 0.326 e. The van der Waals surface area contributed by atoms with Crippen molar-refractivity contribution in [3.8, 4) is 0 Å². The van der Waals surface area contributed by atoms with Crippen LogP contribution in [0.3, 0.4) is 0 Å². The summed E-state index contributed by atoms with van der Waals surface area (Å²) in [5, 5.41) is 11.6. The molecule has 0 unspecified atom stereocenters. The maximum absolute atomic E-state index is 11.6. The van der Waals surface area contributed by atoms with Gasteiger partial charge in [-0.2, -0.15) is 0 Å². The van der Waals surface area contributed by atoms with Crippen LogP contribution in [0.25, 0.3) is 0 Å². The quantitative estimate of drug-likeness (QED) is 0.479. The predicted octanol–water partition coefficient (Wildman–Crippen LogP) is 1.97. The highest BCUT2D eigenvalue weighted by molar-refractivity contribution is 5.84. The van der Waals surface area contributed by atoms with Gasteiger partial charge in [0.1, 0.15) is 12.6 Å². The molecule has 1 atom stereocenters. The van der Waals surface area contributed by atoms with E-state index in [2.05, 4.69) is 12.2 Å². The van der Waals surface area contributed by atoms with E-state index in [-0.39, 0.29) is 6.61 Å². The number of methoxy groups -OCH3 is 1. The van der Waals surface area contributed by atoms with Gasteiger partial charge in [0, 0.05) is 7.11 Å². The zero-order valence-corrected chi connectivity index (χ0v) is 13.2. The van der Waals surface area contributed by atoms with E-state index in [0.717, 1.165) is 19.3 Å². The molecule has 0 aliphatic carbocycles. The average molecular weight is 303 g/mol.